The normalized spacial score (nSPS) is 16.7. The zero-order chi connectivity index (χ0) is 44.6. The van der Waals surface area contributed by atoms with Crippen molar-refractivity contribution in [2.45, 2.75) is 98.3 Å². The topological polar surface area (TPSA) is 76.9 Å². The van der Waals surface area contributed by atoms with Crippen molar-refractivity contribution >= 4 is 10.1 Å². The molecule has 0 aromatic carbocycles. The Bertz CT molecular complexity index is 1280. The maximum atomic E-state index is 14.9. The number of rotatable bonds is 17. The molecule has 0 saturated heterocycles. The summed E-state index contributed by atoms with van der Waals surface area (Å²) in [6, 6.07) is -36.8. The van der Waals surface area contributed by atoms with E-state index in [1.165, 1.54) is 0 Å². The molecule has 0 aliphatic rings. The van der Waals surface area contributed by atoms with Crippen LogP contribution in [-0.4, -0.2) is 123 Å². The zero-order valence-electron chi connectivity index (χ0n) is 26.1. The lowest BCUT2D eigenvalue weighted by Crippen LogP contribution is -3.05. The molecule has 0 aliphatic heterocycles. The van der Waals surface area contributed by atoms with Gasteiger partial charge in [-0.25, -0.2) is 12.8 Å². The van der Waals surface area contributed by atoms with Crippen LogP contribution in [0.2, 0.25) is 0 Å². The Morgan fingerprint density at radius 2 is 0.870 bits per heavy atom. The minimum atomic E-state index is -9.75. The molecule has 0 aromatic heterocycles. The van der Waals surface area contributed by atoms with Crippen molar-refractivity contribution in [1.29, 1.82) is 0 Å². The molecule has 0 aliphatic carbocycles. The summed E-state index contributed by atoms with van der Waals surface area (Å²) < 4.78 is 383. The Balaban J connectivity index is 0. The Morgan fingerprint density at radius 1 is 0.537 bits per heavy atom. The maximum Gasteiger partial charge on any atom is 0.460 e. The fourth-order valence-corrected chi connectivity index (χ4v) is 4.01. The smallest absolute Gasteiger partial charge is 0.460 e. The highest BCUT2D eigenvalue weighted by Gasteiger charge is 2.97. The van der Waals surface area contributed by atoms with E-state index in [1.54, 1.807) is 0 Å². The quantitative estimate of drug-likeness (QED) is 0.0710. The summed E-state index contributed by atoms with van der Waals surface area (Å²) in [7, 11) is -1.72. The predicted octanol–water partition coefficient (Wildman–Crippen LogP) is 7.05. The molecule has 0 spiro atoms. The molecule has 6 nitrogen and oxygen atoms in total. The molecule has 0 amide bonds. The van der Waals surface area contributed by atoms with Crippen LogP contribution in [0.1, 0.15) is 26.2 Å². The maximum absolute atomic E-state index is 14.9. The van der Waals surface area contributed by atoms with Crippen molar-refractivity contribution in [1.82, 2.24) is 10.2 Å². The van der Waals surface area contributed by atoms with Crippen LogP contribution in [0.15, 0.2) is 0 Å². The van der Waals surface area contributed by atoms with Gasteiger partial charge in [0.25, 0.3) is 0 Å². The molecule has 0 aromatic rings. The summed E-state index contributed by atoms with van der Waals surface area (Å²) in [6.07, 6.45) is -25.3. The lowest BCUT2D eigenvalue weighted by Gasteiger charge is -2.51. The van der Waals surface area contributed by atoms with E-state index in [0.717, 1.165) is 20.5 Å². The van der Waals surface area contributed by atoms with E-state index in [9.17, 15) is 127 Å². The molecule has 0 bridgehead atoms. The number of nitrogens with one attached hydrogen (secondary N) is 2. The van der Waals surface area contributed by atoms with Crippen LogP contribution in [0.4, 0.5) is 114 Å². The average molecular weight is 891 g/mol. The van der Waals surface area contributed by atoms with Gasteiger partial charge in [0, 0.05) is 18.7 Å². The van der Waals surface area contributed by atoms with Crippen molar-refractivity contribution in [3.05, 3.63) is 0 Å². The number of hydrogen-bond acceptors (Lipinski definition) is 5. The van der Waals surface area contributed by atoms with Gasteiger partial charge in [-0.3, -0.25) is 5.32 Å². The summed E-state index contributed by atoms with van der Waals surface area (Å²) in [6.45, 7) is -0.733. The molecular formula is C21H23F26N3O3S. The van der Waals surface area contributed by atoms with E-state index in [0.29, 0.717) is 6.42 Å². The first-order valence-corrected chi connectivity index (χ1v) is 14.9. The molecule has 2 N–H and O–H groups in total. The van der Waals surface area contributed by atoms with Gasteiger partial charge >= 0.3 is 72.1 Å². The second-order valence-electron chi connectivity index (χ2n) is 10.8. The summed E-state index contributed by atoms with van der Waals surface area (Å²) >= 11 is 0. The first kappa shape index (κ1) is 54.1. The van der Waals surface area contributed by atoms with Gasteiger partial charge in [-0.1, -0.05) is 13.3 Å². The Labute approximate surface area is 284 Å². The largest absolute Gasteiger partial charge is 0.748 e. The molecule has 33 heteroatoms. The SMILES string of the molecule is CCCCS(=O)(=O)[O-].C[NH+](C)CCCNC(F)(F)C(F)(C(F)(F)F)C(F)(F)N(C(F)(F)C(F)(F)C(F)(F)C(F)(F)F)C(F)(F)C(F)(F)C(F)(F)C(F)(F)F. The molecule has 0 saturated carbocycles. The molecule has 0 rings (SSSR count). The molecule has 0 fully saturated rings. The van der Waals surface area contributed by atoms with Gasteiger partial charge in [0.15, 0.2) is 0 Å². The van der Waals surface area contributed by atoms with Crippen LogP contribution in [0.3, 0.4) is 0 Å². The number of nitrogens with zero attached hydrogens (tertiary/aromatic N) is 1. The third kappa shape index (κ3) is 9.91. The van der Waals surface area contributed by atoms with Crippen molar-refractivity contribution < 1.29 is 132 Å². The van der Waals surface area contributed by atoms with Gasteiger partial charge in [0.05, 0.1) is 30.8 Å². The first-order valence-electron chi connectivity index (χ1n) is 13.3. The summed E-state index contributed by atoms with van der Waals surface area (Å²) in [5.74, 6) is -37.0. The zero-order valence-corrected chi connectivity index (χ0v) is 27.0. The van der Waals surface area contributed by atoms with E-state index in [2.05, 4.69) is 0 Å². The summed E-state index contributed by atoms with van der Waals surface area (Å²) in [4.78, 5) is -5.84. The fourth-order valence-electron chi connectivity index (χ4n) is 3.37. The highest BCUT2D eigenvalue weighted by Crippen LogP contribution is 2.66. The molecule has 1 atom stereocenters. The van der Waals surface area contributed by atoms with Crippen LogP contribution in [0.25, 0.3) is 0 Å². The number of alkyl halides is 26. The summed E-state index contributed by atoms with van der Waals surface area (Å²) in [5.41, 5.74) is -8.99. The van der Waals surface area contributed by atoms with E-state index < -0.39 is 107 Å². The monoisotopic (exact) mass is 891 g/mol. The van der Waals surface area contributed by atoms with Gasteiger partial charge in [-0.05, 0) is 6.42 Å². The Kier molecular flexibility index (Phi) is 16.1. The standard InChI is InChI=1S/C17H13F26N3.C4H10O3S/c1-45(2)5-3-4-44-14(36,37)6(18,11(27,28)29)15(38,39)46(16(40,41)9(23,24)7(19,20)12(30,31)32)17(42,43)10(25,26)8(21,22)13(33,34)35;1-2-3-4-8(5,6)7/h44H,3-5H2,1-2H3;2-4H2,1H3,(H,5,6,7). The van der Waals surface area contributed by atoms with E-state index >= 15 is 0 Å². The summed E-state index contributed by atoms with van der Waals surface area (Å²) in [5, 5.41) is -0.258. The van der Waals surface area contributed by atoms with Gasteiger partial charge in [-0.2, -0.15) is 110 Å². The molecule has 1 unspecified atom stereocenters. The first-order chi connectivity index (χ1) is 23.1. The van der Waals surface area contributed by atoms with Crippen molar-refractivity contribution in [2.75, 3.05) is 32.9 Å². The van der Waals surface area contributed by atoms with E-state index in [-0.39, 0.29) is 16.0 Å². The number of hydrogen-bond donors (Lipinski definition) is 2. The number of halogens is 26. The van der Waals surface area contributed by atoms with Crippen LogP contribution in [0, 0.1) is 0 Å². The minimum Gasteiger partial charge on any atom is -0.748 e. The Morgan fingerprint density at radius 3 is 1.09 bits per heavy atom. The third-order valence-electron chi connectivity index (χ3n) is 6.28. The van der Waals surface area contributed by atoms with Crippen molar-refractivity contribution in [3.8, 4) is 0 Å². The highest BCUT2D eigenvalue weighted by atomic mass is 32.2. The molecule has 54 heavy (non-hydrogen) atoms. The van der Waals surface area contributed by atoms with Crippen LogP contribution < -0.4 is 10.2 Å². The van der Waals surface area contributed by atoms with Gasteiger partial charge in [0.1, 0.15) is 0 Å². The van der Waals surface area contributed by atoms with Crippen LogP contribution in [-0.2, 0) is 10.1 Å². The molecule has 328 valence electrons. The molecule has 0 heterocycles. The van der Waals surface area contributed by atoms with Gasteiger partial charge in [0.2, 0.25) is 0 Å². The second kappa shape index (κ2) is 16.1. The highest BCUT2D eigenvalue weighted by molar-refractivity contribution is 7.85. The van der Waals surface area contributed by atoms with Crippen LogP contribution in [0.5, 0.6) is 0 Å². The lowest BCUT2D eigenvalue weighted by atomic mass is 9.94. The van der Waals surface area contributed by atoms with Gasteiger partial charge < -0.3 is 9.45 Å². The number of quaternary nitrogens is 1. The van der Waals surface area contributed by atoms with Crippen molar-refractivity contribution in [2.24, 2.45) is 0 Å². The third-order valence-corrected chi connectivity index (χ3v) is 7.07. The molecular weight excluding hydrogens is 868 g/mol. The molecule has 0 radical (unpaired) electrons. The minimum absolute atomic E-state index is 0.115. The van der Waals surface area contributed by atoms with E-state index in [4.69, 9.17) is 0 Å². The predicted molar refractivity (Wildman–Crippen MR) is 123 cm³/mol. The van der Waals surface area contributed by atoms with E-state index in [1.807, 2.05) is 6.92 Å². The average Bonchev–Trinajstić information content (AvgIpc) is 2.90. The van der Waals surface area contributed by atoms with Crippen LogP contribution >= 0.6 is 0 Å². The Hall–Kier alpha value is -2.03. The lowest BCUT2D eigenvalue weighted by molar-refractivity contribution is -0.858. The van der Waals surface area contributed by atoms with Crippen molar-refractivity contribution in [3.63, 3.8) is 0 Å². The van der Waals surface area contributed by atoms with Gasteiger partial charge in [-0.15, -0.1) is 4.90 Å². The second-order valence-corrected chi connectivity index (χ2v) is 12.4. The number of unbranched alkanes of at least 4 members (excludes halogenated alkanes) is 1. The fraction of sp³-hybridized carbons (Fsp3) is 1.00.